The zero-order valence-corrected chi connectivity index (χ0v) is 12.2. The number of ether oxygens (including phenoxy) is 1. The van der Waals surface area contributed by atoms with Gasteiger partial charge in [0.25, 0.3) is 0 Å². The molecule has 21 heavy (non-hydrogen) atoms. The Hall–Kier alpha value is -2.08. The van der Waals surface area contributed by atoms with Gasteiger partial charge in [-0.15, -0.1) is 0 Å². The Balaban J connectivity index is 2.04. The number of amides is 2. The molecule has 6 heteroatoms. The summed E-state index contributed by atoms with van der Waals surface area (Å²) in [5.41, 5.74) is 1.99. The summed E-state index contributed by atoms with van der Waals surface area (Å²) >= 11 is 0. The second kappa shape index (κ2) is 6.58. The van der Waals surface area contributed by atoms with E-state index < -0.39 is 12.0 Å². The van der Waals surface area contributed by atoms with Crippen LogP contribution in [0.3, 0.4) is 0 Å². The molecular weight excluding hydrogens is 272 g/mol. The highest BCUT2D eigenvalue weighted by molar-refractivity contribution is 6.01. The first kappa shape index (κ1) is 15.3. The van der Waals surface area contributed by atoms with Crippen LogP contribution in [-0.4, -0.2) is 36.4 Å². The standard InChI is InChI=1S/C15H20N2O4/c1-9-6-10(2)13(12(7-9)14(18)19)17-15(20)16-8-11-4-3-5-21-11/h6-7,11H,3-5,8H2,1-2H3,(H,18,19)(H2,16,17,20). The summed E-state index contributed by atoms with van der Waals surface area (Å²) in [5, 5.41) is 14.6. The fourth-order valence-electron chi connectivity index (χ4n) is 2.47. The number of nitrogens with one attached hydrogen (secondary N) is 2. The second-order valence-electron chi connectivity index (χ2n) is 5.28. The molecule has 0 aliphatic carbocycles. The highest BCUT2D eigenvalue weighted by Gasteiger charge is 2.18. The molecule has 1 aliphatic rings. The van der Waals surface area contributed by atoms with Gasteiger partial charge in [0.05, 0.1) is 17.4 Å². The minimum absolute atomic E-state index is 0.0498. The topological polar surface area (TPSA) is 87.7 Å². The van der Waals surface area contributed by atoms with Gasteiger partial charge >= 0.3 is 12.0 Å². The van der Waals surface area contributed by atoms with Gasteiger partial charge in [-0.2, -0.15) is 0 Å². The number of aryl methyl sites for hydroxylation is 2. The fourth-order valence-corrected chi connectivity index (χ4v) is 2.47. The van der Waals surface area contributed by atoms with Crippen LogP contribution in [0.5, 0.6) is 0 Å². The number of carbonyl (C=O) groups is 2. The summed E-state index contributed by atoms with van der Waals surface area (Å²) in [7, 11) is 0. The molecule has 2 rings (SSSR count). The van der Waals surface area contributed by atoms with Crippen LogP contribution in [-0.2, 0) is 4.74 Å². The molecule has 1 fully saturated rings. The van der Waals surface area contributed by atoms with E-state index in [1.807, 2.05) is 13.0 Å². The highest BCUT2D eigenvalue weighted by Crippen LogP contribution is 2.23. The van der Waals surface area contributed by atoms with Crippen molar-refractivity contribution in [1.82, 2.24) is 5.32 Å². The molecular formula is C15H20N2O4. The molecule has 1 aromatic rings. The molecule has 1 saturated heterocycles. The van der Waals surface area contributed by atoms with Crippen molar-refractivity contribution in [2.75, 3.05) is 18.5 Å². The van der Waals surface area contributed by atoms with Gasteiger partial charge in [-0.1, -0.05) is 6.07 Å². The second-order valence-corrected chi connectivity index (χ2v) is 5.28. The van der Waals surface area contributed by atoms with E-state index in [-0.39, 0.29) is 11.7 Å². The number of carbonyl (C=O) groups excluding carboxylic acids is 1. The zero-order valence-electron chi connectivity index (χ0n) is 12.2. The van der Waals surface area contributed by atoms with Crippen LogP contribution in [0, 0.1) is 13.8 Å². The molecule has 1 unspecified atom stereocenters. The molecule has 1 heterocycles. The Morgan fingerprint density at radius 2 is 2.14 bits per heavy atom. The minimum Gasteiger partial charge on any atom is -0.478 e. The van der Waals surface area contributed by atoms with E-state index in [9.17, 15) is 14.7 Å². The maximum atomic E-state index is 11.9. The van der Waals surface area contributed by atoms with E-state index in [4.69, 9.17) is 4.74 Å². The van der Waals surface area contributed by atoms with Crippen LogP contribution in [0.15, 0.2) is 12.1 Å². The number of carboxylic acids is 1. The molecule has 2 amide bonds. The Labute approximate surface area is 123 Å². The van der Waals surface area contributed by atoms with Gasteiger partial charge in [-0.25, -0.2) is 9.59 Å². The third-order valence-corrected chi connectivity index (χ3v) is 3.46. The number of aromatic carboxylic acids is 1. The lowest BCUT2D eigenvalue weighted by Gasteiger charge is -2.15. The monoisotopic (exact) mass is 292 g/mol. The molecule has 1 aromatic carbocycles. The lowest BCUT2D eigenvalue weighted by molar-refractivity contribution is 0.0698. The third kappa shape index (κ3) is 3.95. The largest absolute Gasteiger partial charge is 0.478 e. The van der Waals surface area contributed by atoms with Crippen molar-refractivity contribution < 1.29 is 19.4 Å². The number of carboxylic acid groups (broad SMARTS) is 1. The summed E-state index contributed by atoms with van der Waals surface area (Å²) < 4.78 is 5.42. The van der Waals surface area contributed by atoms with Crippen LogP contribution < -0.4 is 10.6 Å². The minimum atomic E-state index is -1.06. The van der Waals surface area contributed by atoms with Gasteiger partial charge in [0.1, 0.15) is 0 Å². The molecule has 3 N–H and O–H groups in total. The first-order valence-electron chi connectivity index (χ1n) is 6.98. The van der Waals surface area contributed by atoms with Crippen LogP contribution >= 0.6 is 0 Å². The van der Waals surface area contributed by atoms with Gasteiger partial charge in [0.2, 0.25) is 0 Å². The zero-order chi connectivity index (χ0) is 15.4. The molecule has 1 aliphatic heterocycles. The van der Waals surface area contributed by atoms with Crippen molar-refractivity contribution in [3.63, 3.8) is 0 Å². The van der Waals surface area contributed by atoms with Crippen molar-refractivity contribution in [2.24, 2.45) is 0 Å². The van der Waals surface area contributed by atoms with Crippen molar-refractivity contribution >= 4 is 17.7 Å². The smallest absolute Gasteiger partial charge is 0.337 e. The average Bonchev–Trinajstić information content (AvgIpc) is 2.92. The maximum absolute atomic E-state index is 11.9. The van der Waals surface area contributed by atoms with E-state index >= 15 is 0 Å². The Morgan fingerprint density at radius 3 is 2.76 bits per heavy atom. The SMILES string of the molecule is Cc1cc(C)c(NC(=O)NCC2CCCO2)c(C(=O)O)c1. The Morgan fingerprint density at radius 1 is 1.38 bits per heavy atom. The lowest BCUT2D eigenvalue weighted by atomic mass is 10.0. The Kier molecular flexibility index (Phi) is 4.80. The van der Waals surface area contributed by atoms with E-state index in [0.29, 0.717) is 12.2 Å². The van der Waals surface area contributed by atoms with E-state index in [2.05, 4.69) is 10.6 Å². The first-order chi connectivity index (χ1) is 9.97. The number of rotatable bonds is 4. The Bertz CT molecular complexity index is 551. The maximum Gasteiger partial charge on any atom is 0.337 e. The number of benzene rings is 1. The van der Waals surface area contributed by atoms with Gasteiger partial charge < -0.3 is 20.5 Å². The number of anilines is 1. The number of urea groups is 1. The van der Waals surface area contributed by atoms with Crippen LogP contribution in [0.1, 0.15) is 34.3 Å². The number of hydrogen-bond acceptors (Lipinski definition) is 3. The van der Waals surface area contributed by atoms with Crippen LogP contribution in [0.25, 0.3) is 0 Å². The predicted octanol–water partition coefficient (Wildman–Crippen LogP) is 2.30. The number of hydrogen-bond donors (Lipinski definition) is 3. The van der Waals surface area contributed by atoms with Crippen molar-refractivity contribution in [3.05, 3.63) is 28.8 Å². The van der Waals surface area contributed by atoms with E-state index in [1.54, 1.807) is 13.0 Å². The molecule has 6 nitrogen and oxygen atoms in total. The van der Waals surface area contributed by atoms with Gasteiger partial charge in [0.15, 0.2) is 0 Å². The molecule has 114 valence electrons. The molecule has 0 bridgehead atoms. The molecule has 1 atom stereocenters. The van der Waals surface area contributed by atoms with Crippen molar-refractivity contribution in [2.45, 2.75) is 32.8 Å². The quantitative estimate of drug-likeness (QED) is 0.794. The molecule has 0 saturated carbocycles. The molecule has 0 spiro atoms. The summed E-state index contributed by atoms with van der Waals surface area (Å²) in [6.45, 7) is 4.75. The molecule has 0 radical (unpaired) electrons. The van der Waals surface area contributed by atoms with Crippen molar-refractivity contribution in [1.29, 1.82) is 0 Å². The van der Waals surface area contributed by atoms with E-state index in [1.165, 1.54) is 0 Å². The first-order valence-corrected chi connectivity index (χ1v) is 6.98. The summed E-state index contributed by atoms with van der Waals surface area (Å²) in [6, 6.07) is 2.97. The fraction of sp³-hybridized carbons (Fsp3) is 0.467. The van der Waals surface area contributed by atoms with Gasteiger partial charge in [0, 0.05) is 13.2 Å². The van der Waals surface area contributed by atoms with Crippen molar-refractivity contribution in [3.8, 4) is 0 Å². The van der Waals surface area contributed by atoms with Crippen LogP contribution in [0.4, 0.5) is 10.5 Å². The van der Waals surface area contributed by atoms with E-state index in [0.717, 1.165) is 30.6 Å². The van der Waals surface area contributed by atoms with Crippen LogP contribution in [0.2, 0.25) is 0 Å². The average molecular weight is 292 g/mol. The molecule has 0 aromatic heterocycles. The predicted molar refractivity (Wildman–Crippen MR) is 78.9 cm³/mol. The van der Waals surface area contributed by atoms with Gasteiger partial charge in [-0.3, -0.25) is 0 Å². The summed E-state index contributed by atoms with van der Waals surface area (Å²) in [5.74, 6) is -1.06. The highest BCUT2D eigenvalue weighted by atomic mass is 16.5. The normalized spacial score (nSPS) is 17.5. The summed E-state index contributed by atoms with van der Waals surface area (Å²) in [4.78, 5) is 23.2. The third-order valence-electron chi connectivity index (χ3n) is 3.46. The summed E-state index contributed by atoms with van der Waals surface area (Å²) in [6.07, 6.45) is 1.99. The van der Waals surface area contributed by atoms with Gasteiger partial charge in [-0.05, 0) is 43.9 Å². The lowest BCUT2D eigenvalue weighted by Crippen LogP contribution is -2.35.